The predicted molar refractivity (Wildman–Crippen MR) is 88.2 cm³/mol. The minimum absolute atomic E-state index is 0.000431. The normalized spacial score (nSPS) is 18.3. The van der Waals surface area contributed by atoms with Gasteiger partial charge >= 0.3 is 0 Å². The fourth-order valence-corrected chi connectivity index (χ4v) is 3.86. The quantitative estimate of drug-likeness (QED) is 0.810. The molecule has 7 heteroatoms. The summed E-state index contributed by atoms with van der Waals surface area (Å²) < 4.78 is 7.24. The standard InChI is InChI=1S/C16H20N4O2S/c1-22-11-10-20-15(12-6-8-17-9-7-12)18-19-16(20)23-14-5-3-2-4-13(14)21/h6-9,14H,2-5,10-11H2,1H3/t14-/m0/s1. The van der Waals surface area contributed by atoms with E-state index in [1.54, 1.807) is 19.5 Å². The molecule has 0 amide bonds. The molecule has 1 atom stereocenters. The fourth-order valence-electron chi connectivity index (χ4n) is 2.68. The van der Waals surface area contributed by atoms with Crippen molar-refractivity contribution in [3.05, 3.63) is 24.5 Å². The van der Waals surface area contributed by atoms with Crippen LogP contribution in [0.2, 0.25) is 0 Å². The average Bonchev–Trinajstić information content (AvgIpc) is 2.98. The molecular weight excluding hydrogens is 312 g/mol. The number of Topliss-reactive ketones (excluding diaryl/α,β-unsaturated/α-hetero) is 1. The highest BCUT2D eigenvalue weighted by molar-refractivity contribution is 8.00. The Balaban J connectivity index is 1.87. The molecule has 6 nitrogen and oxygen atoms in total. The van der Waals surface area contributed by atoms with Gasteiger partial charge in [-0.15, -0.1) is 10.2 Å². The lowest BCUT2D eigenvalue weighted by Gasteiger charge is -2.19. The first-order valence-electron chi connectivity index (χ1n) is 7.81. The smallest absolute Gasteiger partial charge is 0.192 e. The number of pyridine rings is 1. The molecule has 2 heterocycles. The van der Waals surface area contributed by atoms with Crippen LogP contribution in [0.1, 0.15) is 25.7 Å². The van der Waals surface area contributed by atoms with Gasteiger partial charge in [0.05, 0.1) is 18.4 Å². The second kappa shape index (κ2) is 7.70. The van der Waals surface area contributed by atoms with E-state index in [4.69, 9.17) is 4.74 Å². The molecule has 1 saturated carbocycles. The van der Waals surface area contributed by atoms with E-state index in [1.807, 2.05) is 16.7 Å². The maximum atomic E-state index is 12.1. The summed E-state index contributed by atoms with van der Waals surface area (Å²) in [5.74, 6) is 1.11. The van der Waals surface area contributed by atoms with Gasteiger partial charge in [-0.2, -0.15) is 0 Å². The maximum absolute atomic E-state index is 12.1. The second-order valence-corrected chi connectivity index (χ2v) is 6.67. The van der Waals surface area contributed by atoms with Crippen LogP contribution in [0.3, 0.4) is 0 Å². The molecule has 2 aromatic heterocycles. The number of hydrogen-bond donors (Lipinski definition) is 0. The van der Waals surface area contributed by atoms with Crippen LogP contribution >= 0.6 is 11.8 Å². The van der Waals surface area contributed by atoms with Crippen molar-refractivity contribution in [1.82, 2.24) is 19.7 Å². The number of carbonyl (C=O) groups is 1. The van der Waals surface area contributed by atoms with Gasteiger partial charge in [-0.3, -0.25) is 14.3 Å². The van der Waals surface area contributed by atoms with E-state index in [2.05, 4.69) is 15.2 Å². The SMILES string of the molecule is COCCn1c(S[C@H]2CCCCC2=O)nnc1-c1ccncc1. The lowest BCUT2D eigenvalue weighted by atomic mass is 9.99. The first-order chi connectivity index (χ1) is 11.3. The summed E-state index contributed by atoms with van der Waals surface area (Å²) in [6, 6.07) is 3.82. The highest BCUT2D eigenvalue weighted by Gasteiger charge is 2.26. The van der Waals surface area contributed by atoms with Crippen LogP contribution in [0.5, 0.6) is 0 Å². The third kappa shape index (κ3) is 3.79. The molecule has 0 saturated heterocycles. The molecule has 1 aliphatic carbocycles. The van der Waals surface area contributed by atoms with Crippen molar-refractivity contribution in [2.24, 2.45) is 0 Å². The van der Waals surface area contributed by atoms with Crippen molar-refractivity contribution in [2.75, 3.05) is 13.7 Å². The minimum Gasteiger partial charge on any atom is -0.383 e. The molecule has 0 spiro atoms. The first-order valence-corrected chi connectivity index (χ1v) is 8.69. The number of aromatic nitrogens is 4. The number of ether oxygens (including phenoxy) is 1. The molecule has 0 radical (unpaired) electrons. The van der Waals surface area contributed by atoms with Gasteiger partial charge in [0.25, 0.3) is 0 Å². The Morgan fingerprint density at radius 1 is 1.30 bits per heavy atom. The lowest BCUT2D eigenvalue weighted by molar-refractivity contribution is -0.119. The summed E-state index contributed by atoms with van der Waals surface area (Å²) in [6.45, 7) is 1.23. The first kappa shape index (κ1) is 16.1. The third-order valence-electron chi connectivity index (χ3n) is 3.92. The highest BCUT2D eigenvalue weighted by Crippen LogP contribution is 2.32. The Morgan fingerprint density at radius 2 is 2.13 bits per heavy atom. The number of methoxy groups -OCH3 is 1. The van der Waals surface area contributed by atoms with E-state index < -0.39 is 0 Å². The number of ketones is 1. The Labute approximate surface area is 139 Å². The molecule has 0 bridgehead atoms. The number of hydrogen-bond acceptors (Lipinski definition) is 6. The summed E-state index contributed by atoms with van der Waals surface area (Å²) in [5, 5.41) is 9.43. The summed E-state index contributed by atoms with van der Waals surface area (Å²) >= 11 is 1.53. The van der Waals surface area contributed by atoms with Gasteiger partial charge in [-0.05, 0) is 25.0 Å². The monoisotopic (exact) mass is 332 g/mol. The summed E-state index contributed by atoms with van der Waals surface area (Å²) in [6.07, 6.45) is 7.19. The molecule has 1 aliphatic rings. The Kier molecular flexibility index (Phi) is 5.40. The van der Waals surface area contributed by atoms with Crippen molar-refractivity contribution in [3.8, 4) is 11.4 Å². The van der Waals surface area contributed by atoms with E-state index in [0.717, 1.165) is 35.8 Å². The van der Waals surface area contributed by atoms with Crippen LogP contribution in [0.4, 0.5) is 0 Å². The van der Waals surface area contributed by atoms with Gasteiger partial charge in [-0.25, -0.2) is 0 Å². The number of rotatable bonds is 6. The van der Waals surface area contributed by atoms with Gasteiger partial charge in [-0.1, -0.05) is 18.2 Å². The molecular formula is C16H20N4O2S. The van der Waals surface area contributed by atoms with Gasteiger partial charge in [0.2, 0.25) is 0 Å². The van der Waals surface area contributed by atoms with E-state index in [0.29, 0.717) is 25.4 Å². The van der Waals surface area contributed by atoms with Crippen LogP contribution in [0, 0.1) is 0 Å². The minimum atomic E-state index is -0.000431. The van der Waals surface area contributed by atoms with Crippen LogP contribution < -0.4 is 0 Å². The van der Waals surface area contributed by atoms with Gasteiger partial charge < -0.3 is 4.74 Å². The molecule has 23 heavy (non-hydrogen) atoms. The Bertz CT molecular complexity index is 659. The van der Waals surface area contributed by atoms with Gasteiger partial charge in [0, 0.05) is 31.5 Å². The molecule has 3 rings (SSSR count). The van der Waals surface area contributed by atoms with Crippen LogP contribution in [-0.4, -0.2) is 44.5 Å². The molecule has 1 fully saturated rings. The largest absolute Gasteiger partial charge is 0.383 e. The van der Waals surface area contributed by atoms with E-state index in [9.17, 15) is 4.79 Å². The Morgan fingerprint density at radius 3 is 2.87 bits per heavy atom. The summed E-state index contributed by atoms with van der Waals surface area (Å²) in [5.41, 5.74) is 0.963. The number of nitrogens with zero attached hydrogens (tertiary/aromatic N) is 4. The van der Waals surface area contributed by atoms with Gasteiger partial charge in [0.1, 0.15) is 5.78 Å². The fraction of sp³-hybridized carbons (Fsp3) is 0.500. The molecule has 122 valence electrons. The highest BCUT2D eigenvalue weighted by atomic mass is 32.2. The van der Waals surface area contributed by atoms with Crippen molar-refractivity contribution in [2.45, 2.75) is 42.6 Å². The summed E-state index contributed by atoms with van der Waals surface area (Å²) in [4.78, 5) is 16.1. The average molecular weight is 332 g/mol. The topological polar surface area (TPSA) is 69.9 Å². The second-order valence-electron chi connectivity index (χ2n) is 5.51. The number of thioether (sulfide) groups is 1. The van der Waals surface area contributed by atoms with E-state index >= 15 is 0 Å². The van der Waals surface area contributed by atoms with Crippen LogP contribution in [0.25, 0.3) is 11.4 Å². The van der Waals surface area contributed by atoms with Crippen LogP contribution in [0.15, 0.2) is 29.7 Å². The zero-order valence-electron chi connectivity index (χ0n) is 13.1. The van der Waals surface area contributed by atoms with E-state index in [-0.39, 0.29) is 5.25 Å². The third-order valence-corrected chi connectivity index (χ3v) is 5.22. The summed E-state index contributed by atoms with van der Waals surface area (Å²) in [7, 11) is 1.67. The van der Waals surface area contributed by atoms with Crippen molar-refractivity contribution >= 4 is 17.5 Å². The molecule has 0 unspecified atom stereocenters. The maximum Gasteiger partial charge on any atom is 0.192 e. The van der Waals surface area contributed by atoms with Crippen molar-refractivity contribution in [3.63, 3.8) is 0 Å². The number of carbonyl (C=O) groups excluding carboxylic acids is 1. The zero-order valence-corrected chi connectivity index (χ0v) is 14.0. The van der Waals surface area contributed by atoms with Crippen LogP contribution in [-0.2, 0) is 16.1 Å². The molecule has 0 aromatic carbocycles. The Hall–Kier alpha value is -1.73. The molecule has 0 N–H and O–H groups in total. The van der Waals surface area contributed by atoms with Gasteiger partial charge in [0.15, 0.2) is 11.0 Å². The van der Waals surface area contributed by atoms with Crippen molar-refractivity contribution < 1.29 is 9.53 Å². The van der Waals surface area contributed by atoms with E-state index in [1.165, 1.54) is 11.8 Å². The zero-order chi connectivity index (χ0) is 16.1. The predicted octanol–water partition coefficient (Wildman–Crippen LogP) is 2.59. The molecule has 0 aliphatic heterocycles. The molecule has 2 aromatic rings. The lowest BCUT2D eigenvalue weighted by Crippen LogP contribution is -2.22. The van der Waals surface area contributed by atoms with Crippen molar-refractivity contribution in [1.29, 1.82) is 0 Å².